The third-order valence-electron chi connectivity index (χ3n) is 3.52. The summed E-state index contributed by atoms with van der Waals surface area (Å²) in [7, 11) is 0. The molecule has 0 aliphatic heterocycles. The number of hydrogen-bond donors (Lipinski definition) is 3. The molecule has 0 aliphatic rings. The number of halogens is 1. The highest BCUT2D eigenvalue weighted by Crippen LogP contribution is 2.11. The van der Waals surface area contributed by atoms with E-state index < -0.39 is 0 Å². The number of anilines is 1. The van der Waals surface area contributed by atoms with Gasteiger partial charge in [-0.3, -0.25) is 9.48 Å². The van der Waals surface area contributed by atoms with Crippen LogP contribution in [0.15, 0.2) is 47.7 Å². The van der Waals surface area contributed by atoms with Crippen molar-refractivity contribution in [2.45, 2.75) is 33.9 Å². The van der Waals surface area contributed by atoms with Crippen LogP contribution in [-0.4, -0.2) is 34.7 Å². The van der Waals surface area contributed by atoms with Gasteiger partial charge in [0.2, 0.25) is 5.91 Å². The fraction of sp³-hybridized carbons (Fsp3) is 0.421. The van der Waals surface area contributed by atoms with Gasteiger partial charge >= 0.3 is 0 Å². The highest BCUT2D eigenvalue weighted by Gasteiger charge is 2.05. The minimum absolute atomic E-state index is 0. The summed E-state index contributed by atoms with van der Waals surface area (Å²) in [4.78, 5) is 16.7. The first-order chi connectivity index (χ1) is 12.6. The van der Waals surface area contributed by atoms with Crippen molar-refractivity contribution in [1.82, 2.24) is 20.4 Å². The predicted octanol–water partition coefficient (Wildman–Crippen LogP) is 2.85. The van der Waals surface area contributed by atoms with E-state index in [1.54, 1.807) is 23.1 Å². The van der Waals surface area contributed by atoms with E-state index in [4.69, 9.17) is 0 Å². The molecule has 0 saturated heterocycles. The van der Waals surface area contributed by atoms with Crippen LogP contribution in [0.4, 0.5) is 5.69 Å². The number of guanidine groups is 1. The van der Waals surface area contributed by atoms with Crippen molar-refractivity contribution in [2.75, 3.05) is 18.4 Å². The van der Waals surface area contributed by atoms with E-state index in [1.165, 1.54) is 0 Å². The van der Waals surface area contributed by atoms with Crippen LogP contribution in [0.3, 0.4) is 0 Å². The molecule has 0 bridgehead atoms. The fourth-order valence-electron chi connectivity index (χ4n) is 2.30. The molecule has 0 saturated carbocycles. The number of carbonyl (C=O) groups is 1. The summed E-state index contributed by atoms with van der Waals surface area (Å²) >= 11 is 0. The van der Waals surface area contributed by atoms with Crippen molar-refractivity contribution < 1.29 is 4.79 Å². The van der Waals surface area contributed by atoms with E-state index in [0.717, 1.165) is 30.3 Å². The Hall–Kier alpha value is -2.10. The van der Waals surface area contributed by atoms with Crippen LogP contribution < -0.4 is 16.0 Å². The smallest absolute Gasteiger partial charge is 0.246 e. The van der Waals surface area contributed by atoms with Gasteiger partial charge in [-0.05, 0) is 36.6 Å². The lowest BCUT2D eigenvalue weighted by Crippen LogP contribution is -2.39. The topological polar surface area (TPSA) is 83.3 Å². The van der Waals surface area contributed by atoms with Gasteiger partial charge in [0.1, 0.15) is 6.54 Å². The van der Waals surface area contributed by atoms with Crippen molar-refractivity contribution in [3.8, 4) is 0 Å². The van der Waals surface area contributed by atoms with Crippen molar-refractivity contribution >= 4 is 41.5 Å². The molecule has 1 amide bonds. The summed E-state index contributed by atoms with van der Waals surface area (Å²) in [6.07, 6.45) is 3.41. The van der Waals surface area contributed by atoms with Gasteiger partial charge < -0.3 is 16.0 Å². The number of nitrogens with one attached hydrogen (secondary N) is 3. The maximum atomic E-state index is 12.1. The van der Waals surface area contributed by atoms with Gasteiger partial charge in [0.15, 0.2) is 5.96 Å². The molecule has 2 aromatic rings. The number of hydrogen-bond acceptors (Lipinski definition) is 3. The zero-order valence-corrected chi connectivity index (χ0v) is 18.4. The maximum Gasteiger partial charge on any atom is 0.246 e. The molecule has 0 fully saturated rings. The van der Waals surface area contributed by atoms with Gasteiger partial charge in [0, 0.05) is 31.2 Å². The molecule has 0 spiro atoms. The summed E-state index contributed by atoms with van der Waals surface area (Å²) < 4.78 is 1.59. The maximum absolute atomic E-state index is 12.1. The molecular weight excluding hydrogens is 455 g/mol. The molecule has 1 heterocycles. The first-order valence-electron chi connectivity index (χ1n) is 8.95. The van der Waals surface area contributed by atoms with Crippen molar-refractivity contribution in [2.24, 2.45) is 10.9 Å². The molecule has 148 valence electrons. The number of nitrogens with zero attached hydrogens (tertiary/aromatic N) is 3. The predicted molar refractivity (Wildman–Crippen MR) is 120 cm³/mol. The van der Waals surface area contributed by atoms with Crippen molar-refractivity contribution in [1.29, 1.82) is 0 Å². The first kappa shape index (κ1) is 22.9. The minimum Gasteiger partial charge on any atom is -0.357 e. The molecule has 8 heteroatoms. The largest absolute Gasteiger partial charge is 0.357 e. The number of aliphatic imine (C=N–C) groups is 1. The molecule has 7 nitrogen and oxygen atoms in total. The quantitative estimate of drug-likeness (QED) is 0.306. The molecular formula is C19H29IN6O. The van der Waals surface area contributed by atoms with Crippen molar-refractivity contribution in [3.05, 3.63) is 48.3 Å². The number of carbonyl (C=O) groups excluding carboxylic acids is 1. The highest BCUT2D eigenvalue weighted by atomic mass is 127. The van der Waals surface area contributed by atoms with Crippen LogP contribution in [-0.2, 0) is 17.9 Å². The SMILES string of the molecule is CCNC(=NCc1cccc(NC(=O)Cn2cccn2)c1)NCC(C)C.I. The van der Waals surface area contributed by atoms with E-state index in [1.807, 2.05) is 31.2 Å². The van der Waals surface area contributed by atoms with Gasteiger partial charge in [0.25, 0.3) is 0 Å². The van der Waals surface area contributed by atoms with Crippen LogP contribution in [0, 0.1) is 5.92 Å². The van der Waals surface area contributed by atoms with E-state index in [9.17, 15) is 4.79 Å². The summed E-state index contributed by atoms with van der Waals surface area (Å²) in [5, 5.41) is 13.5. The van der Waals surface area contributed by atoms with Crippen LogP contribution in [0.2, 0.25) is 0 Å². The number of rotatable bonds is 8. The first-order valence-corrected chi connectivity index (χ1v) is 8.95. The second kappa shape index (κ2) is 12.3. The van der Waals surface area contributed by atoms with Crippen LogP contribution in [0.5, 0.6) is 0 Å². The standard InChI is InChI=1S/C19H28N6O.HI/c1-4-20-19(21-12-15(2)3)22-13-16-7-5-8-17(11-16)24-18(26)14-25-10-6-9-23-25;/h5-11,15H,4,12-14H2,1-3H3,(H,24,26)(H2,20,21,22);1H. The Morgan fingerprint density at radius 1 is 1.26 bits per heavy atom. The summed E-state index contributed by atoms with van der Waals surface area (Å²) in [5.74, 6) is 1.24. The lowest BCUT2D eigenvalue weighted by Gasteiger charge is -2.13. The Kier molecular flexibility index (Phi) is 10.5. The molecule has 3 N–H and O–H groups in total. The molecule has 27 heavy (non-hydrogen) atoms. The Labute approximate surface area is 178 Å². The second-order valence-electron chi connectivity index (χ2n) is 6.42. The van der Waals surface area contributed by atoms with Crippen LogP contribution in [0.25, 0.3) is 0 Å². The second-order valence-corrected chi connectivity index (χ2v) is 6.42. The number of aromatic nitrogens is 2. The summed E-state index contributed by atoms with van der Waals surface area (Å²) in [5.41, 5.74) is 1.79. The molecule has 0 aliphatic carbocycles. The average Bonchev–Trinajstić information content (AvgIpc) is 3.10. The Morgan fingerprint density at radius 3 is 2.74 bits per heavy atom. The summed E-state index contributed by atoms with van der Waals surface area (Å²) in [6, 6.07) is 9.52. The van der Waals surface area contributed by atoms with E-state index in [2.05, 4.69) is 39.9 Å². The third kappa shape index (κ3) is 8.89. The van der Waals surface area contributed by atoms with Crippen molar-refractivity contribution in [3.63, 3.8) is 0 Å². The molecule has 0 radical (unpaired) electrons. The normalized spacial score (nSPS) is 11.0. The zero-order valence-electron chi connectivity index (χ0n) is 16.1. The Balaban J connectivity index is 0.00000364. The minimum atomic E-state index is -0.110. The van der Waals surface area contributed by atoms with Crippen LogP contribution in [0.1, 0.15) is 26.3 Å². The molecule has 2 rings (SSSR count). The van der Waals surface area contributed by atoms with Gasteiger partial charge in [-0.1, -0.05) is 26.0 Å². The number of benzene rings is 1. The van der Waals surface area contributed by atoms with E-state index in [0.29, 0.717) is 12.5 Å². The van der Waals surface area contributed by atoms with E-state index >= 15 is 0 Å². The molecule has 0 unspecified atom stereocenters. The highest BCUT2D eigenvalue weighted by molar-refractivity contribution is 14.0. The lowest BCUT2D eigenvalue weighted by atomic mass is 10.2. The van der Waals surface area contributed by atoms with E-state index in [-0.39, 0.29) is 36.4 Å². The molecule has 0 atom stereocenters. The fourth-order valence-corrected chi connectivity index (χ4v) is 2.30. The van der Waals surface area contributed by atoms with Gasteiger partial charge in [-0.25, -0.2) is 4.99 Å². The zero-order chi connectivity index (χ0) is 18.8. The Bertz CT molecular complexity index is 715. The van der Waals surface area contributed by atoms with Gasteiger partial charge in [-0.2, -0.15) is 5.10 Å². The molecule has 1 aromatic carbocycles. The number of amides is 1. The lowest BCUT2D eigenvalue weighted by molar-refractivity contribution is -0.116. The van der Waals surface area contributed by atoms with Gasteiger partial charge in [0.05, 0.1) is 6.54 Å². The average molecular weight is 484 g/mol. The summed E-state index contributed by atoms with van der Waals surface area (Å²) in [6.45, 7) is 8.78. The van der Waals surface area contributed by atoms with Crippen LogP contribution >= 0.6 is 24.0 Å². The Morgan fingerprint density at radius 2 is 2.07 bits per heavy atom. The molecule has 1 aromatic heterocycles. The third-order valence-corrected chi connectivity index (χ3v) is 3.52. The van der Waals surface area contributed by atoms with Gasteiger partial charge in [-0.15, -0.1) is 24.0 Å². The monoisotopic (exact) mass is 484 g/mol.